The van der Waals surface area contributed by atoms with Gasteiger partial charge in [0.05, 0.1) is 31.4 Å². The third kappa shape index (κ3) is 5.43. The van der Waals surface area contributed by atoms with Crippen LogP contribution in [0.2, 0.25) is 0 Å². The molecule has 2 atom stereocenters. The number of hydrogen-bond acceptors (Lipinski definition) is 7. The highest BCUT2D eigenvalue weighted by Gasteiger charge is 2.51. The fourth-order valence-electron chi connectivity index (χ4n) is 5.89. The normalized spacial score (nSPS) is 22.6. The number of benzene rings is 2. The van der Waals surface area contributed by atoms with Crippen molar-refractivity contribution in [3.8, 4) is 0 Å². The number of aromatic nitrogens is 1. The Morgan fingerprint density at radius 3 is 2.80 bits per heavy atom. The quantitative estimate of drug-likeness (QED) is 0.449. The van der Waals surface area contributed by atoms with E-state index in [1.165, 1.54) is 17.0 Å². The van der Waals surface area contributed by atoms with E-state index in [2.05, 4.69) is 20.9 Å². The summed E-state index contributed by atoms with van der Waals surface area (Å²) in [7, 11) is 0. The third-order valence-corrected chi connectivity index (χ3v) is 7.85. The number of pyridine rings is 1. The van der Waals surface area contributed by atoms with Gasteiger partial charge < -0.3 is 25.0 Å². The highest BCUT2D eigenvalue weighted by molar-refractivity contribution is 6.06. The smallest absolute Gasteiger partial charge is 0.249 e. The van der Waals surface area contributed by atoms with Crippen LogP contribution in [0.25, 0.3) is 0 Å². The first-order valence-electron chi connectivity index (χ1n) is 13.5. The zero-order valence-electron chi connectivity index (χ0n) is 22.3. The summed E-state index contributed by atoms with van der Waals surface area (Å²) in [4.78, 5) is 45.3. The van der Waals surface area contributed by atoms with Gasteiger partial charge in [-0.1, -0.05) is 24.3 Å². The maximum atomic E-state index is 14.1. The Balaban J connectivity index is 1.21. The lowest BCUT2D eigenvalue weighted by Crippen LogP contribution is -2.45. The average molecular weight is 560 g/mol. The number of ether oxygens (including phenoxy) is 2. The van der Waals surface area contributed by atoms with Gasteiger partial charge in [-0.25, -0.2) is 9.37 Å². The van der Waals surface area contributed by atoms with Crippen LogP contribution in [0.15, 0.2) is 60.8 Å². The molecular weight excluding hydrogens is 529 g/mol. The first-order valence-corrected chi connectivity index (χ1v) is 13.5. The number of halogens is 1. The van der Waals surface area contributed by atoms with Crippen molar-refractivity contribution in [2.24, 2.45) is 0 Å². The molecular formula is C30H30FN5O5. The number of carbonyl (C=O) groups excluding carboxylic acids is 3. The van der Waals surface area contributed by atoms with Crippen LogP contribution in [0.4, 0.5) is 15.9 Å². The van der Waals surface area contributed by atoms with Crippen LogP contribution >= 0.6 is 0 Å². The van der Waals surface area contributed by atoms with Crippen LogP contribution in [0.3, 0.4) is 0 Å². The van der Waals surface area contributed by atoms with E-state index in [0.717, 1.165) is 16.7 Å². The Kier molecular flexibility index (Phi) is 7.48. The van der Waals surface area contributed by atoms with Crippen molar-refractivity contribution in [2.75, 3.05) is 50.3 Å². The van der Waals surface area contributed by atoms with Gasteiger partial charge in [-0.05, 0) is 59.9 Å². The fraction of sp³-hybridized carbons (Fsp3) is 0.333. The number of rotatable bonds is 4. The number of carbonyl (C=O) groups is 3. The van der Waals surface area contributed by atoms with E-state index < -0.39 is 29.1 Å². The van der Waals surface area contributed by atoms with Gasteiger partial charge in [0.2, 0.25) is 17.7 Å². The second kappa shape index (κ2) is 11.4. The Labute approximate surface area is 236 Å². The lowest BCUT2D eigenvalue weighted by molar-refractivity contribution is -0.141. The van der Waals surface area contributed by atoms with Gasteiger partial charge >= 0.3 is 0 Å². The van der Waals surface area contributed by atoms with Gasteiger partial charge in [-0.15, -0.1) is 0 Å². The predicted molar refractivity (Wildman–Crippen MR) is 148 cm³/mol. The Bertz CT molecular complexity index is 1500. The number of nitrogens with one attached hydrogen (secondary N) is 3. The lowest BCUT2D eigenvalue weighted by atomic mass is 9.79. The molecule has 3 aliphatic rings. The first kappa shape index (κ1) is 27.0. The molecule has 3 amide bonds. The molecule has 11 heteroatoms. The van der Waals surface area contributed by atoms with Crippen LogP contribution < -0.4 is 16.0 Å². The van der Waals surface area contributed by atoms with E-state index >= 15 is 0 Å². The standard InChI is InChI=1S/C30H30FN5O5/c31-22-4-1-3-19(11-22)25-15-32-18-41-10-9-40-17-27(38)36(25)16-26(37)34-23-7-6-20-13-30(14-21(20)12-23)24-5-2-8-33-28(24)35-29(30)39/h1-8,11-12,25,32H,9-10,13-18H2,(H,34,37)(H,33,35,39)/t25?,30-/m1/s1. The van der Waals surface area contributed by atoms with E-state index in [0.29, 0.717) is 36.5 Å². The molecule has 2 aromatic carbocycles. The van der Waals surface area contributed by atoms with Crippen LogP contribution in [0.1, 0.15) is 28.3 Å². The third-order valence-electron chi connectivity index (χ3n) is 7.85. The van der Waals surface area contributed by atoms with Gasteiger partial charge in [0.1, 0.15) is 24.8 Å². The molecule has 0 bridgehead atoms. The number of amides is 3. The number of fused-ring (bicyclic) bond motifs is 3. The summed E-state index contributed by atoms with van der Waals surface area (Å²) in [5.74, 6) is -0.723. The molecule has 0 radical (unpaired) electrons. The molecule has 2 aliphatic heterocycles. The zero-order chi connectivity index (χ0) is 28.4. The molecule has 212 valence electrons. The monoisotopic (exact) mass is 559 g/mol. The summed E-state index contributed by atoms with van der Waals surface area (Å²) in [6.07, 6.45) is 2.70. The molecule has 3 aromatic rings. The van der Waals surface area contributed by atoms with Crippen LogP contribution in [-0.4, -0.2) is 67.2 Å². The Morgan fingerprint density at radius 1 is 1.07 bits per heavy atom. The van der Waals surface area contributed by atoms with E-state index in [9.17, 15) is 18.8 Å². The molecule has 1 unspecified atom stereocenters. The van der Waals surface area contributed by atoms with Crippen LogP contribution in [-0.2, 0) is 42.1 Å². The molecule has 41 heavy (non-hydrogen) atoms. The van der Waals surface area contributed by atoms with Crippen molar-refractivity contribution in [1.29, 1.82) is 0 Å². The maximum absolute atomic E-state index is 14.1. The van der Waals surface area contributed by atoms with Crippen LogP contribution in [0.5, 0.6) is 0 Å². The number of hydrogen-bond donors (Lipinski definition) is 3. The minimum atomic E-state index is -0.712. The number of nitrogens with zero attached hydrogens (tertiary/aromatic N) is 2. The molecule has 6 rings (SSSR count). The topological polar surface area (TPSA) is 122 Å². The molecule has 0 saturated carbocycles. The van der Waals surface area contributed by atoms with E-state index in [1.807, 2.05) is 24.3 Å². The molecule has 1 saturated heterocycles. The fourth-order valence-corrected chi connectivity index (χ4v) is 5.89. The molecule has 1 aliphatic carbocycles. The SMILES string of the molecule is O=C(CN1C(=O)COCCOCNCC1c1cccc(F)c1)Nc1ccc2c(c1)C[C@@]1(C2)C(=O)Nc2ncccc21. The number of anilines is 2. The predicted octanol–water partition coefficient (Wildman–Crippen LogP) is 2.31. The summed E-state index contributed by atoms with van der Waals surface area (Å²) in [6, 6.07) is 14.7. The summed E-state index contributed by atoms with van der Waals surface area (Å²) in [5, 5.41) is 8.93. The van der Waals surface area contributed by atoms with Crippen molar-refractivity contribution < 1.29 is 28.2 Å². The average Bonchev–Trinajstić information content (AvgIpc) is 3.46. The van der Waals surface area contributed by atoms with E-state index in [-0.39, 0.29) is 38.9 Å². The van der Waals surface area contributed by atoms with Gasteiger partial charge in [0.25, 0.3) is 0 Å². The molecule has 1 spiro atoms. The molecule has 1 fully saturated rings. The van der Waals surface area contributed by atoms with Crippen molar-refractivity contribution in [2.45, 2.75) is 24.3 Å². The highest BCUT2D eigenvalue weighted by Crippen LogP contribution is 2.46. The van der Waals surface area contributed by atoms with Gasteiger partial charge in [-0.3, -0.25) is 19.7 Å². The van der Waals surface area contributed by atoms with Crippen molar-refractivity contribution in [3.63, 3.8) is 0 Å². The second-order valence-electron chi connectivity index (χ2n) is 10.5. The zero-order valence-corrected chi connectivity index (χ0v) is 22.3. The van der Waals surface area contributed by atoms with Crippen molar-refractivity contribution in [3.05, 3.63) is 88.9 Å². The summed E-state index contributed by atoms with van der Waals surface area (Å²) < 4.78 is 25.0. The van der Waals surface area contributed by atoms with Gasteiger partial charge in [0.15, 0.2) is 0 Å². The molecule has 1 aromatic heterocycles. The summed E-state index contributed by atoms with van der Waals surface area (Å²) >= 11 is 0. The minimum absolute atomic E-state index is 0.0734. The Morgan fingerprint density at radius 2 is 1.93 bits per heavy atom. The minimum Gasteiger partial charge on any atom is -0.369 e. The van der Waals surface area contributed by atoms with E-state index in [1.54, 1.807) is 24.4 Å². The highest BCUT2D eigenvalue weighted by atomic mass is 19.1. The summed E-state index contributed by atoms with van der Waals surface area (Å²) in [5.41, 5.74) is 3.28. The maximum Gasteiger partial charge on any atom is 0.249 e. The molecule has 3 N–H and O–H groups in total. The van der Waals surface area contributed by atoms with Gasteiger partial charge in [-0.2, -0.15) is 0 Å². The first-order chi connectivity index (χ1) is 19.9. The second-order valence-corrected chi connectivity index (χ2v) is 10.5. The van der Waals surface area contributed by atoms with Crippen molar-refractivity contribution in [1.82, 2.24) is 15.2 Å². The van der Waals surface area contributed by atoms with E-state index in [4.69, 9.17) is 9.47 Å². The molecule has 10 nitrogen and oxygen atoms in total. The largest absolute Gasteiger partial charge is 0.369 e. The van der Waals surface area contributed by atoms with Gasteiger partial charge in [0, 0.05) is 24.0 Å². The molecule has 3 heterocycles. The van der Waals surface area contributed by atoms with Crippen LogP contribution in [0, 0.1) is 5.82 Å². The summed E-state index contributed by atoms with van der Waals surface area (Å²) in [6.45, 7) is 0.512. The lowest BCUT2D eigenvalue weighted by Gasteiger charge is -2.32. The van der Waals surface area contributed by atoms with Crippen molar-refractivity contribution >= 4 is 29.2 Å². The Hall–Kier alpha value is -4.19.